The van der Waals surface area contributed by atoms with E-state index in [0.717, 1.165) is 23.3 Å². The van der Waals surface area contributed by atoms with Crippen molar-refractivity contribution in [3.63, 3.8) is 0 Å². The van der Waals surface area contributed by atoms with Crippen molar-refractivity contribution in [3.05, 3.63) is 62.6 Å². The van der Waals surface area contributed by atoms with Gasteiger partial charge in [0.25, 0.3) is 0 Å². The smallest absolute Gasteiger partial charge is 0.202 e. The average Bonchev–Trinajstić information content (AvgIpc) is 2.40. The second kappa shape index (κ2) is 5.93. The number of methoxy groups -OCH3 is 1. The zero-order valence-corrected chi connectivity index (χ0v) is 13.3. The van der Waals surface area contributed by atoms with Gasteiger partial charge in [-0.1, -0.05) is 22.0 Å². The molecule has 2 nitrogen and oxygen atoms in total. The Labute approximate surface area is 129 Å². The molecule has 0 bridgehead atoms. The third-order valence-electron chi connectivity index (χ3n) is 3.36. The van der Waals surface area contributed by atoms with Crippen LogP contribution in [0.2, 0.25) is 0 Å². The zero-order valence-electron chi connectivity index (χ0n) is 11.8. The first kappa shape index (κ1) is 15.6. The monoisotopic (exact) mass is 354 g/mol. The van der Waals surface area contributed by atoms with Crippen LogP contribution in [-0.2, 0) is 0 Å². The largest absolute Gasteiger partial charge is 0.496 e. The van der Waals surface area contributed by atoms with E-state index in [1.54, 1.807) is 13.0 Å². The molecule has 0 fully saturated rings. The number of rotatable bonds is 3. The summed E-state index contributed by atoms with van der Waals surface area (Å²) in [5.41, 5.74) is 1.25. The third-order valence-corrected chi connectivity index (χ3v) is 3.82. The number of ether oxygens (including phenoxy) is 1. The highest BCUT2D eigenvalue weighted by molar-refractivity contribution is 9.10. The molecule has 0 aliphatic heterocycles. The molecule has 21 heavy (non-hydrogen) atoms. The van der Waals surface area contributed by atoms with Gasteiger partial charge in [-0.05, 0) is 43.2 Å². The molecule has 110 valence electrons. The molecule has 0 amide bonds. The number of halogens is 3. The molecule has 0 aliphatic carbocycles. The summed E-state index contributed by atoms with van der Waals surface area (Å²) in [5.74, 6) is -2.22. The molecule has 2 rings (SSSR count). The summed E-state index contributed by atoms with van der Waals surface area (Å²) >= 11 is 2.99. The second-order valence-electron chi connectivity index (χ2n) is 4.66. The summed E-state index contributed by atoms with van der Waals surface area (Å²) in [6, 6.07) is 5.36. The number of ketones is 1. The fourth-order valence-electron chi connectivity index (χ4n) is 2.13. The SMILES string of the molecule is COc1c(C(=O)c2c(F)cc(Br)cc2F)ccc(C)c1C. The summed E-state index contributed by atoms with van der Waals surface area (Å²) in [4.78, 5) is 12.5. The highest BCUT2D eigenvalue weighted by Crippen LogP contribution is 2.30. The number of benzene rings is 2. The molecule has 0 unspecified atom stereocenters. The van der Waals surface area contributed by atoms with E-state index < -0.39 is 23.0 Å². The van der Waals surface area contributed by atoms with E-state index in [2.05, 4.69) is 15.9 Å². The van der Waals surface area contributed by atoms with E-state index >= 15 is 0 Å². The Morgan fingerprint density at radius 1 is 1.14 bits per heavy atom. The molecule has 0 aliphatic rings. The van der Waals surface area contributed by atoms with Gasteiger partial charge in [-0.15, -0.1) is 0 Å². The van der Waals surface area contributed by atoms with Gasteiger partial charge in [0.15, 0.2) is 0 Å². The van der Waals surface area contributed by atoms with E-state index in [4.69, 9.17) is 4.74 Å². The van der Waals surface area contributed by atoms with Crippen molar-refractivity contribution >= 4 is 21.7 Å². The van der Waals surface area contributed by atoms with Crippen LogP contribution in [0.25, 0.3) is 0 Å². The van der Waals surface area contributed by atoms with Crippen LogP contribution >= 0.6 is 15.9 Å². The Bertz CT molecular complexity index is 703. The summed E-state index contributed by atoms with van der Waals surface area (Å²) in [7, 11) is 1.42. The lowest BCUT2D eigenvalue weighted by atomic mass is 9.97. The van der Waals surface area contributed by atoms with Gasteiger partial charge in [0.2, 0.25) is 5.78 Å². The van der Waals surface area contributed by atoms with Crippen LogP contribution < -0.4 is 4.74 Å². The van der Waals surface area contributed by atoms with Crippen LogP contribution in [0.5, 0.6) is 5.75 Å². The molecule has 0 heterocycles. The van der Waals surface area contributed by atoms with Gasteiger partial charge in [-0.3, -0.25) is 4.79 Å². The maximum Gasteiger partial charge on any atom is 0.202 e. The van der Waals surface area contributed by atoms with Crippen LogP contribution in [0.1, 0.15) is 27.0 Å². The van der Waals surface area contributed by atoms with E-state index in [9.17, 15) is 13.6 Å². The fraction of sp³-hybridized carbons (Fsp3) is 0.188. The Hall–Kier alpha value is -1.75. The van der Waals surface area contributed by atoms with E-state index in [1.165, 1.54) is 13.2 Å². The first-order chi connectivity index (χ1) is 9.86. The molecule has 5 heteroatoms. The Morgan fingerprint density at radius 2 is 1.71 bits per heavy atom. The van der Waals surface area contributed by atoms with Crippen LogP contribution in [0.3, 0.4) is 0 Å². The average molecular weight is 355 g/mol. The maximum absolute atomic E-state index is 13.9. The summed E-state index contributed by atoms with van der Waals surface area (Å²) in [6.07, 6.45) is 0. The van der Waals surface area contributed by atoms with Crippen molar-refractivity contribution in [1.29, 1.82) is 0 Å². The predicted octanol–water partition coefficient (Wildman–Crippen LogP) is 4.58. The molecule has 0 aromatic heterocycles. The van der Waals surface area contributed by atoms with Gasteiger partial charge >= 0.3 is 0 Å². The second-order valence-corrected chi connectivity index (χ2v) is 5.58. The van der Waals surface area contributed by atoms with Crippen LogP contribution in [0.15, 0.2) is 28.7 Å². The normalized spacial score (nSPS) is 10.6. The first-order valence-electron chi connectivity index (χ1n) is 6.20. The van der Waals surface area contributed by atoms with Crippen molar-refractivity contribution < 1.29 is 18.3 Å². The Kier molecular flexibility index (Phi) is 4.42. The topological polar surface area (TPSA) is 26.3 Å². The fourth-order valence-corrected chi connectivity index (χ4v) is 2.53. The predicted molar refractivity (Wildman–Crippen MR) is 80.0 cm³/mol. The minimum absolute atomic E-state index is 0.140. The number of aryl methyl sites for hydroxylation is 1. The van der Waals surface area contributed by atoms with E-state index in [0.29, 0.717) is 5.75 Å². The Morgan fingerprint density at radius 3 is 2.24 bits per heavy atom. The molecule has 0 spiro atoms. The van der Waals surface area contributed by atoms with Crippen molar-refractivity contribution in [1.82, 2.24) is 0 Å². The van der Waals surface area contributed by atoms with Crippen LogP contribution in [0, 0.1) is 25.5 Å². The minimum atomic E-state index is -0.910. The zero-order chi connectivity index (χ0) is 15.7. The lowest BCUT2D eigenvalue weighted by Crippen LogP contribution is -2.10. The van der Waals surface area contributed by atoms with E-state index in [1.807, 2.05) is 6.92 Å². The maximum atomic E-state index is 13.9. The molecule has 0 N–H and O–H groups in total. The standard InChI is InChI=1S/C16H13BrF2O2/c1-8-4-5-11(16(21-3)9(8)2)15(20)14-12(18)6-10(17)7-13(14)19/h4-7H,1-3H3. The van der Waals surface area contributed by atoms with Crippen molar-refractivity contribution in [3.8, 4) is 5.75 Å². The summed E-state index contributed by atoms with van der Waals surface area (Å²) < 4.78 is 33.3. The van der Waals surface area contributed by atoms with Crippen molar-refractivity contribution in [2.24, 2.45) is 0 Å². The molecule has 2 aromatic rings. The van der Waals surface area contributed by atoms with E-state index in [-0.39, 0.29) is 10.0 Å². The summed E-state index contributed by atoms with van der Waals surface area (Å²) in [5, 5.41) is 0. The van der Waals surface area contributed by atoms with Crippen LogP contribution in [0.4, 0.5) is 8.78 Å². The van der Waals surface area contributed by atoms with Gasteiger partial charge in [0.05, 0.1) is 18.2 Å². The first-order valence-corrected chi connectivity index (χ1v) is 6.99. The highest BCUT2D eigenvalue weighted by Gasteiger charge is 2.23. The summed E-state index contributed by atoms with van der Waals surface area (Å²) in [6.45, 7) is 3.66. The number of hydrogen-bond donors (Lipinski definition) is 0. The van der Waals surface area contributed by atoms with Gasteiger partial charge in [-0.25, -0.2) is 8.78 Å². The Balaban J connectivity index is 2.64. The van der Waals surface area contributed by atoms with Gasteiger partial charge < -0.3 is 4.74 Å². The van der Waals surface area contributed by atoms with Crippen molar-refractivity contribution in [2.45, 2.75) is 13.8 Å². The quantitative estimate of drug-likeness (QED) is 0.754. The molecule has 0 atom stereocenters. The lowest BCUT2D eigenvalue weighted by molar-refractivity contribution is 0.102. The van der Waals surface area contributed by atoms with Gasteiger partial charge in [0, 0.05) is 4.47 Å². The lowest BCUT2D eigenvalue weighted by Gasteiger charge is -2.13. The minimum Gasteiger partial charge on any atom is -0.496 e. The molecule has 0 radical (unpaired) electrons. The number of carbonyl (C=O) groups excluding carboxylic acids is 1. The van der Waals surface area contributed by atoms with Crippen molar-refractivity contribution in [2.75, 3.05) is 7.11 Å². The molecule has 2 aromatic carbocycles. The number of carbonyl (C=O) groups is 1. The molecule has 0 saturated carbocycles. The molecule has 0 saturated heterocycles. The molecular formula is C16H13BrF2O2. The van der Waals surface area contributed by atoms with Gasteiger partial charge in [0.1, 0.15) is 17.4 Å². The number of hydrogen-bond acceptors (Lipinski definition) is 2. The third kappa shape index (κ3) is 2.83. The van der Waals surface area contributed by atoms with Gasteiger partial charge in [-0.2, -0.15) is 0 Å². The van der Waals surface area contributed by atoms with Crippen LogP contribution in [-0.4, -0.2) is 12.9 Å². The molecular weight excluding hydrogens is 342 g/mol. The highest BCUT2D eigenvalue weighted by atomic mass is 79.9.